The molecule has 0 unspecified atom stereocenters. The number of aromatic amines is 1. The average molecular weight is 484 g/mol. The molecule has 184 valence electrons. The quantitative estimate of drug-likeness (QED) is 0.307. The third-order valence-electron chi connectivity index (χ3n) is 6.02. The van der Waals surface area contributed by atoms with Gasteiger partial charge in [-0.3, -0.25) is 4.79 Å². The van der Waals surface area contributed by atoms with E-state index in [0.717, 1.165) is 38.6 Å². The Morgan fingerprint density at radius 1 is 1.11 bits per heavy atom. The topological polar surface area (TPSA) is 82.7 Å². The van der Waals surface area contributed by atoms with Gasteiger partial charge < -0.3 is 15.6 Å². The normalized spacial score (nSPS) is 13.4. The summed E-state index contributed by atoms with van der Waals surface area (Å²) in [6, 6.07) is 12.7. The van der Waals surface area contributed by atoms with Crippen LogP contribution >= 0.6 is 0 Å². The van der Waals surface area contributed by atoms with Gasteiger partial charge in [-0.2, -0.15) is 18.3 Å². The molecule has 1 amide bonds. The molecule has 1 aliphatic carbocycles. The lowest BCUT2D eigenvalue weighted by atomic mass is 9.96. The zero-order valence-electron chi connectivity index (χ0n) is 19.9. The van der Waals surface area contributed by atoms with Crippen molar-refractivity contribution < 1.29 is 18.0 Å². The minimum Gasteiger partial charge on any atom is -0.371 e. The number of hydrogen-bond acceptors (Lipinski definition) is 4. The van der Waals surface area contributed by atoms with Crippen LogP contribution in [0.2, 0.25) is 0 Å². The van der Waals surface area contributed by atoms with Gasteiger partial charge in [0.15, 0.2) is 5.82 Å². The molecule has 1 saturated carbocycles. The molecule has 1 fully saturated rings. The summed E-state index contributed by atoms with van der Waals surface area (Å²) in [4.78, 5) is 15.4. The van der Waals surface area contributed by atoms with Crippen LogP contribution in [0, 0.1) is 0 Å². The number of halogens is 3. The van der Waals surface area contributed by atoms with Gasteiger partial charge in [-0.25, -0.2) is 0 Å². The van der Waals surface area contributed by atoms with E-state index in [1.54, 1.807) is 13.2 Å². The predicted molar refractivity (Wildman–Crippen MR) is 133 cm³/mol. The van der Waals surface area contributed by atoms with E-state index in [0.29, 0.717) is 11.6 Å². The van der Waals surface area contributed by atoms with Gasteiger partial charge in [-0.1, -0.05) is 19.1 Å². The van der Waals surface area contributed by atoms with Crippen molar-refractivity contribution in [1.29, 1.82) is 0 Å². The van der Waals surface area contributed by atoms with Crippen LogP contribution in [0.25, 0.3) is 32.8 Å². The fraction of sp³-hybridized carbons (Fsp3) is 0.346. The van der Waals surface area contributed by atoms with Gasteiger partial charge in [0.05, 0.1) is 6.20 Å². The van der Waals surface area contributed by atoms with Gasteiger partial charge in [0, 0.05) is 42.2 Å². The van der Waals surface area contributed by atoms with Crippen molar-refractivity contribution in [3.05, 3.63) is 53.9 Å². The highest BCUT2D eigenvalue weighted by Crippen LogP contribution is 2.43. The zero-order chi connectivity index (χ0) is 25.2. The van der Waals surface area contributed by atoms with Crippen molar-refractivity contribution in [2.45, 2.75) is 44.7 Å². The molecule has 0 saturated heterocycles. The largest absolute Gasteiger partial charge is 0.389 e. The van der Waals surface area contributed by atoms with E-state index in [1.807, 2.05) is 13.1 Å². The number of hydrogen-bond donors (Lipinski definition) is 3. The standard InChI is InChI=1S/C22H21N5O.C4H7F3/c1-23-21-16-6-5-13(7-15(16)11-25-27-21)17-8-14(12-3-4-12)9-19-18(17)10-20(26-19)22(28)24-2;1-2-3-4(5,6)7/h5-12,26H,3-4H2,1-2H3,(H,23,27)(H,24,28);2-3H2,1H3. The molecule has 0 spiro atoms. The number of benzene rings is 2. The molecule has 2 heterocycles. The first-order valence-corrected chi connectivity index (χ1v) is 11.6. The number of anilines is 1. The maximum absolute atomic E-state index is 12.1. The maximum atomic E-state index is 12.1. The van der Waals surface area contributed by atoms with Gasteiger partial charge in [0.25, 0.3) is 5.91 Å². The monoisotopic (exact) mass is 483 g/mol. The SMILES string of the molecule is CCCC(F)(F)F.CNC(=O)c1cc2c(-c3ccc4c(NC)nncc4c3)cc(C3CC3)cc2[nH]1. The molecular formula is C26H28F3N5O. The maximum Gasteiger partial charge on any atom is 0.389 e. The summed E-state index contributed by atoms with van der Waals surface area (Å²) in [7, 11) is 3.49. The van der Waals surface area contributed by atoms with E-state index in [-0.39, 0.29) is 12.3 Å². The van der Waals surface area contributed by atoms with Crippen molar-refractivity contribution in [2.24, 2.45) is 0 Å². The van der Waals surface area contributed by atoms with Crippen LogP contribution in [0.1, 0.15) is 54.6 Å². The summed E-state index contributed by atoms with van der Waals surface area (Å²) in [6.45, 7) is 1.51. The first kappa shape index (κ1) is 24.5. The summed E-state index contributed by atoms with van der Waals surface area (Å²) in [5, 5.41) is 17.2. The smallest absolute Gasteiger partial charge is 0.371 e. The van der Waals surface area contributed by atoms with Crippen molar-refractivity contribution in [3.8, 4) is 11.1 Å². The third-order valence-corrected chi connectivity index (χ3v) is 6.02. The third kappa shape index (κ3) is 5.55. The molecule has 0 aliphatic heterocycles. The van der Waals surface area contributed by atoms with Gasteiger partial charge in [0.1, 0.15) is 5.69 Å². The summed E-state index contributed by atoms with van der Waals surface area (Å²) in [6.07, 6.45) is -0.181. The summed E-state index contributed by atoms with van der Waals surface area (Å²) < 4.78 is 33.2. The number of alkyl halides is 3. The molecule has 3 N–H and O–H groups in total. The highest BCUT2D eigenvalue weighted by molar-refractivity contribution is 6.04. The number of fused-ring (bicyclic) bond motifs is 2. The second-order valence-corrected chi connectivity index (χ2v) is 8.68. The molecule has 2 aromatic heterocycles. The van der Waals surface area contributed by atoms with Gasteiger partial charge in [-0.15, -0.1) is 5.10 Å². The summed E-state index contributed by atoms with van der Waals surface area (Å²) >= 11 is 0. The second kappa shape index (κ2) is 9.93. The van der Waals surface area contributed by atoms with E-state index in [1.165, 1.54) is 25.3 Å². The Balaban J connectivity index is 0.000000364. The number of carbonyl (C=O) groups is 1. The van der Waals surface area contributed by atoms with E-state index in [2.05, 4.69) is 56.1 Å². The van der Waals surface area contributed by atoms with Gasteiger partial charge >= 0.3 is 6.18 Å². The number of nitrogens with one attached hydrogen (secondary N) is 3. The van der Waals surface area contributed by atoms with Crippen molar-refractivity contribution in [2.75, 3.05) is 19.4 Å². The van der Waals surface area contributed by atoms with Crippen LogP contribution in [0.3, 0.4) is 0 Å². The van der Waals surface area contributed by atoms with Crippen LogP contribution in [0.4, 0.5) is 19.0 Å². The number of aromatic nitrogens is 3. The highest BCUT2D eigenvalue weighted by atomic mass is 19.4. The Labute approximate surface area is 201 Å². The molecule has 0 bridgehead atoms. The minimum atomic E-state index is -3.95. The van der Waals surface area contributed by atoms with Crippen LogP contribution in [-0.4, -0.2) is 41.4 Å². The molecule has 0 atom stereocenters. The molecule has 1 aliphatic rings. The number of rotatable bonds is 5. The predicted octanol–water partition coefficient (Wildman–Crippen LogP) is 6.41. The minimum absolute atomic E-state index is 0.109. The Kier molecular flexibility index (Phi) is 6.95. The highest BCUT2D eigenvalue weighted by Gasteiger charge is 2.26. The Morgan fingerprint density at radius 2 is 1.89 bits per heavy atom. The van der Waals surface area contributed by atoms with Crippen LogP contribution in [-0.2, 0) is 0 Å². The number of amides is 1. The average Bonchev–Trinajstić information content (AvgIpc) is 3.60. The molecule has 0 radical (unpaired) electrons. The van der Waals surface area contributed by atoms with Crippen LogP contribution in [0.5, 0.6) is 0 Å². The summed E-state index contributed by atoms with van der Waals surface area (Å²) in [5.41, 5.74) is 5.15. The number of nitrogens with zero attached hydrogens (tertiary/aromatic N) is 2. The molecule has 2 aromatic carbocycles. The van der Waals surface area contributed by atoms with Crippen LogP contribution < -0.4 is 10.6 Å². The second-order valence-electron chi connectivity index (χ2n) is 8.68. The molecule has 6 nitrogen and oxygen atoms in total. The van der Waals surface area contributed by atoms with Crippen molar-refractivity contribution in [1.82, 2.24) is 20.5 Å². The lowest BCUT2D eigenvalue weighted by Gasteiger charge is -2.10. The molecular weight excluding hydrogens is 455 g/mol. The van der Waals surface area contributed by atoms with Crippen LogP contribution in [0.15, 0.2) is 42.6 Å². The van der Waals surface area contributed by atoms with Gasteiger partial charge in [-0.05, 0) is 66.1 Å². The first-order chi connectivity index (χ1) is 16.7. The zero-order valence-corrected chi connectivity index (χ0v) is 19.9. The molecule has 5 rings (SSSR count). The molecule has 9 heteroatoms. The van der Waals surface area contributed by atoms with Gasteiger partial charge in [0.2, 0.25) is 0 Å². The Bertz CT molecular complexity index is 1360. The lowest BCUT2D eigenvalue weighted by molar-refractivity contribution is -0.134. The summed E-state index contributed by atoms with van der Waals surface area (Å²) in [5.74, 6) is 1.28. The van der Waals surface area contributed by atoms with E-state index in [4.69, 9.17) is 0 Å². The Hall–Kier alpha value is -3.62. The lowest BCUT2D eigenvalue weighted by Crippen LogP contribution is -2.17. The number of H-pyrrole nitrogens is 1. The van der Waals surface area contributed by atoms with Crippen molar-refractivity contribution in [3.63, 3.8) is 0 Å². The molecule has 4 aromatic rings. The van der Waals surface area contributed by atoms with Crippen molar-refractivity contribution >= 4 is 33.4 Å². The molecule has 35 heavy (non-hydrogen) atoms. The fourth-order valence-electron chi connectivity index (χ4n) is 4.13. The Morgan fingerprint density at radius 3 is 2.49 bits per heavy atom. The van der Waals surface area contributed by atoms with E-state index < -0.39 is 12.6 Å². The van der Waals surface area contributed by atoms with E-state index >= 15 is 0 Å². The first-order valence-electron chi connectivity index (χ1n) is 11.6. The fourth-order valence-corrected chi connectivity index (χ4v) is 4.13. The van der Waals surface area contributed by atoms with E-state index in [9.17, 15) is 18.0 Å². The number of carbonyl (C=O) groups excluding carboxylic acids is 1.